The number of anilines is 2. The number of nitrogen functional groups attached to an aromatic ring is 1. The van der Waals surface area contributed by atoms with Crippen LogP contribution < -0.4 is 10.6 Å². The van der Waals surface area contributed by atoms with E-state index in [1.165, 1.54) is 19.3 Å². The van der Waals surface area contributed by atoms with E-state index < -0.39 is 0 Å². The molecule has 1 unspecified atom stereocenters. The largest absolute Gasteiger partial charge is 0.399 e. The van der Waals surface area contributed by atoms with Gasteiger partial charge in [0.05, 0.1) is 5.52 Å². The van der Waals surface area contributed by atoms with Crippen LogP contribution in [0.3, 0.4) is 0 Å². The van der Waals surface area contributed by atoms with Crippen molar-refractivity contribution in [2.24, 2.45) is 5.92 Å². The minimum atomic E-state index is 0.797. The molecule has 1 aliphatic heterocycles. The van der Waals surface area contributed by atoms with Crippen LogP contribution in [0.25, 0.3) is 10.9 Å². The maximum Gasteiger partial charge on any atom is 0.129 e. The second kappa shape index (κ2) is 5.08. The molecule has 3 nitrogen and oxygen atoms in total. The molecule has 0 bridgehead atoms. The van der Waals surface area contributed by atoms with Gasteiger partial charge in [-0.2, -0.15) is 0 Å². The Bertz CT molecular complexity index is 579. The molecule has 0 spiro atoms. The van der Waals surface area contributed by atoms with E-state index >= 15 is 0 Å². The summed E-state index contributed by atoms with van der Waals surface area (Å²) >= 11 is 0. The van der Waals surface area contributed by atoms with Crippen molar-refractivity contribution in [1.29, 1.82) is 0 Å². The third-order valence-corrected chi connectivity index (χ3v) is 4.12. The standard InChI is InChI=1S/C16H21N3/c1-2-12-4-3-9-19(11-12)16-8-5-13-10-14(17)6-7-15(13)18-16/h5-8,10,12H,2-4,9,11,17H2,1H3. The first-order valence-electron chi connectivity index (χ1n) is 7.17. The van der Waals surface area contributed by atoms with Crippen molar-refractivity contribution in [1.82, 2.24) is 4.98 Å². The molecule has 1 saturated heterocycles. The first kappa shape index (κ1) is 12.3. The third kappa shape index (κ3) is 2.50. The summed E-state index contributed by atoms with van der Waals surface area (Å²) in [5.74, 6) is 1.92. The van der Waals surface area contributed by atoms with Gasteiger partial charge in [0.2, 0.25) is 0 Å². The summed E-state index contributed by atoms with van der Waals surface area (Å²) < 4.78 is 0. The number of fused-ring (bicyclic) bond motifs is 1. The highest BCUT2D eigenvalue weighted by Gasteiger charge is 2.19. The highest BCUT2D eigenvalue weighted by molar-refractivity contribution is 5.83. The Morgan fingerprint density at radius 3 is 3.05 bits per heavy atom. The van der Waals surface area contributed by atoms with Crippen LogP contribution in [-0.2, 0) is 0 Å². The Hall–Kier alpha value is -1.77. The number of piperidine rings is 1. The lowest BCUT2D eigenvalue weighted by Gasteiger charge is -2.33. The Morgan fingerprint density at radius 2 is 2.21 bits per heavy atom. The number of aromatic nitrogens is 1. The molecule has 1 fully saturated rings. The van der Waals surface area contributed by atoms with Gasteiger partial charge in [-0.15, -0.1) is 0 Å². The van der Waals surface area contributed by atoms with Crippen molar-refractivity contribution >= 4 is 22.4 Å². The first-order chi connectivity index (χ1) is 9.26. The number of hydrogen-bond acceptors (Lipinski definition) is 3. The number of rotatable bonds is 2. The number of pyridine rings is 1. The van der Waals surface area contributed by atoms with Crippen LogP contribution in [0.1, 0.15) is 26.2 Å². The summed E-state index contributed by atoms with van der Waals surface area (Å²) in [6.07, 6.45) is 3.90. The summed E-state index contributed by atoms with van der Waals surface area (Å²) in [5, 5.41) is 1.12. The Balaban J connectivity index is 1.90. The number of nitrogens with zero attached hydrogens (tertiary/aromatic N) is 2. The van der Waals surface area contributed by atoms with Crippen LogP contribution in [-0.4, -0.2) is 18.1 Å². The highest BCUT2D eigenvalue weighted by Crippen LogP contribution is 2.25. The van der Waals surface area contributed by atoms with Crippen molar-refractivity contribution in [2.45, 2.75) is 26.2 Å². The molecular weight excluding hydrogens is 234 g/mol. The Labute approximate surface area is 114 Å². The van der Waals surface area contributed by atoms with Crippen LogP contribution in [0.4, 0.5) is 11.5 Å². The van der Waals surface area contributed by atoms with E-state index in [9.17, 15) is 0 Å². The number of benzene rings is 1. The van der Waals surface area contributed by atoms with Gasteiger partial charge in [-0.25, -0.2) is 4.98 Å². The fourth-order valence-electron chi connectivity index (χ4n) is 2.92. The van der Waals surface area contributed by atoms with Crippen molar-refractivity contribution in [3.05, 3.63) is 30.3 Å². The van der Waals surface area contributed by atoms with Gasteiger partial charge < -0.3 is 10.6 Å². The zero-order chi connectivity index (χ0) is 13.2. The average Bonchev–Trinajstić information content (AvgIpc) is 2.46. The lowest BCUT2D eigenvalue weighted by atomic mass is 9.96. The molecule has 2 heterocycles. The van der Waals surface area contributed by atoms with Crippen molar-refractivity contribution in [3.63, 3.8) is 0 Å². The molecule has 0 saturated carbocycles. The molecule has 1 aromatic heterocycles. The minimum Gasteiger partial charge on any atom is -0.399 e. The van der Waals surface area contributed by atoms with E-state index in [1.54, 1.807) is 0 Å². The second-order valence-electron chi connectivity index (χ2n) is 5.48. The molecule has 2 aromatic rings. The maximum absolute atomic E-state index is 5.80. The number of hydrogen-bond donors (Lipinski definition) is 1. The quantitative estimate of drug-likeness (QED) is 0.836. The normalized spacial score (nSPS) is 19.8. The molecule has 3 rings (SSSR count). The van der Waals surface area contributed by atoms with Crippen LogP contribution in [0.2, 0.25) is 0 Å². The Morgan fingerprint density at radius 1 is 1.32 bits per heavy atom. The predicted octanol–water partition coefficient (Wildman–Crippen LogP) is 3.44. The van der Waals surface area contributed by atoms with Crippen LogP contribution in [0.15, 0.2) is 30.3 Å². The summed E-state index contributed by atoms with van der Waals surface area (Å²) in [7, 11) is 0. The summed E-state index contributed by atoms with van der Waals surface area (Å²) in [6.45, 7) is 4.55. The molecule has 19 heavy (non-hydrogen) atoms. The van der Waals surface area contributed by atoms with Crippen LogP contribution >= 0.6 is 0 Å². The zero-order valence-corrected chi connectivity index (χ0v) is 11.5. The van der Waals surface area contributed by atoms with Gasteiger partial charge in [-0.05, 0) is 49.1 Å². The van der Waals surface area contributed by atoms with Crippen LogP contribution in [0, 0.1) is 5.92 Å². The molecule has 0 aliphatic carbocycles. The van der Waals surface area contributed by atoms with E-state index in [0.29, 0.717) is 0 Å². The molecule has 2 N–H and O–H groups in total. The smallest absolute Gasteiger partial charge is 0.129 e. The second-order valence-corrected chi connectivity index (χ2v) is 5.48. The molecule has 0 radical (unpaired) electrons. The molecular formula is C16H21N3. The lowest BCUT2D eigenvalue weighted by molar-refractivity contribution is 0.403. The SMILES string of the molecule is CCC1CCCN(c2ccc3cc(N)ccc3n2)C1. The van der Waals surface area contributed by atoms with Gasteiger partial charge in [-0.1, -0.05) is 13.3 Å². The molecule has 1 aliphatic rings. The first-order valence-corrected chi connectivity index (χ1v) is 7.17. The molecule has 1 atom stereocenters. The maximum atomic E-state index is 5.80. The van der Waals surface area contributed by atoms with E-state index in [4.69, 9.17) is 10.7 Å². The lowest BCUT2D eigenvalue weighted by Crippen LogP contribution is -2.35. The van der Waals surface area contributed by atoms with E-state index in [2.05, 4.69) is 24.0 Å². The molecule has 100 valence electrons. The monoisotopic (exact) mass is 255 g/mol. The van der Waals surface area contributed by atoms with Crippen molar-refractivity contribution < 1.29 is 0 Å². The fraction of sp³-hybridized carbons (Fsp3) is 0.438. The summed E-state index contributed by atoms with van der Waals surface area (Å²) in [6, 6.07) is 10.2. The van der Waals surface area contributed by atoms with E-state index in [0.717, 1.165) is 41.4 Å². The average molecular weight is 255 g/mol. The van der Waals surface area contributed by atoms with Gasteiger partial charge in [0.25, 0.3) is 0 Å². The highest BCUT2D eigenvalue weighted by atomic mass is 15.2. The summed E-state index contributed by atoms with van der Waals surface area (Å²) in [4.78, 5) is 7.20. The van der Waals surface area contributed by atoms with E-state index in [-0.39, 0.29) is 0 Å². The van der Waals surface area contributed by atoms with Gasteiger partial charge in [0.1, 0.15) is 5.82 Å². The van der Waals surface area contributed by atoms with Crippen molar-refractivity contribution in [2.75, 3.05) is 23.7 Å². The minimum absolute atomic E-state index is 0.797. The molecule has 1 aromatic carbocycles. The number of nitrogens with two attached hydrogens (primary N) is 1. The topological polar surface area (TPSA) is 42.1 Å². The van der Waals surface area contributed by atoms with Gasteiger partial charge >= 0.3 is 0 Å². The third-order valence-electron chi connectivity index (χ3n) is 4.12. The van der Waals surface area contributed by atoms with Gasteiger partial charge in [0.15, 0.2) is 0 Å². The van der Waals surface area contributed by atoms with Gasteiger partial charge in [-0.3, -0.25) is 0 Å². The molecule has 0 amide bonds. The van der Waals surface area contributed by atoms with Crippen molar-refractivity contribution in [3.8, 4) is 0 Å². The van der Waals surface area contributed by atoms with Gasteiger partial charge in [0, 0.05) is 24.2 Å². The van der Waals surface area contributed by atoms with Crippen LogP contribution in [0.5, 0.6) is 0 Å². The zero-order valence-electron chi connectivity index (χ0n) is 11.5. The summed E-state index contributed by atoms with van der Waals surface area (Å²) in [5.41, 5.74) is 7.63. The predicted molar refractivity (Wildman–Crippen MR) is 81.4 cm³/mol. The fourth-order valence-corrected chi connectivity index (χ4v) is 2.92. The van der Waals surface area contributed by atoms with E-state index in [1.807, 2.05) is 18.2 Å². The Kier molecular flexibility index (Phi) is 3.28. The molecule has 3 heteroatoms.